The maximum atomic E-state index is 11.6. The van der Waals surface area contributed by atoms with Crippen LogP contribution in [0.1, 0.15) is 42.6 Å². The average molecular weight is 265 g/mol. The molecule has 1 rings (SSSR count). The predicted molar refractivity (Wildman–Crippen MR) is 72.0 cm³/mol. The molecule has 0 aliphatic heterocycles. The molecule has 0 spiro atoms. The fraction of sp³-hybridized carbons (Fsp3) is 0.462. The molecule has 0 fully saturated rings. The van der Waals surface area contributed by atoms with Crippen LogP contribution >= 0.6 is 0 Å². The molecule has 0 saturated heterocycles. The monoisotopic (exact) mass is 265 g/mol. The molecule has 104 valence electrons. The summed E-state index contributed by atoms with van der Waals surface area (Å²) in [6.45, 7) is 0.688. The number of nitrogens with two attached hydrogens (primary N) is 1. The first-order valence-electron chi connectivity index (χ1n) is 6.32. The van der Waals surface area contributed by atoms with Crippen molar-refractivity contribution < 1.29 is 14.7 Å². The lowest BCUT2D eigenvalue weighted by molar-refractivity contribution is -0.116. The molecule has 1 aromatic rings. The Hall–Kier alpha value is -1.95. The summed E-state index contributed by atoms with van der Waals surface area (Å²) in [6.07, 6.45) is 5.63. The lowest BCUT2D eigenvalue weighted by Crippen LogP contribution is -2.12. The molecule has 6 heteroatoms. The van der Waals surface area contributed by atoms with E-state index in [4.69, 9.17) is 10.8 Å². The number of hydrogen-bond donors (Lipinski definition) is 3. The molecule has 0 unspecified atom stereocenters. The number of amides is 1. The fourth-order valence-corrected chi connectivity index (χ4v) is 1.60. The van der Waals surface area contributed by atoms with E-state index < -0.39 is 5.97 Å². The van der Waals surface area contributed by atoms with Crippen LogP contribution in [0.4, 0.5) is 5.69 Å². The van der Waals surface area contributed by atoms with Gasteiger partial charge in [0.1, 0.15) is 5.69 Å². The van der Waals surface area contributed by atoms with Crippen molar-refractivity contribution in [2.24, 2.45) is 5.73 Å². The number of carboxylic acids is 1. The Balaban J connectivity index is 2.30. The second kappa shape index (κ2) is 8.20. The number of unbranched alkanes of at least 4 members (excludes halogenated alkanes) is 3. The van der Waals surface area contributed by atoms with Crippen LogP contribution in [0.3, 0.4) is 0 Å². The minimum absolute atomic E-state index is 0.0419. The molecule has 0 aromatic carbocycles. The van der Waals surface area contributed by atoms with Gasteiger partial charge in [0.15, 0.2) is 0 Å². The number of carbonyl (C=O) groups excluding carboxylic acids is 1. The van der Waals surface area contributed by atoms with E-state index in [0.29, 0.717) is 18.7 Å². The molecule has 19 heavy (non-hydrogen) atoms. The Bertz CT molecular complexity index is 418. The second-order valence-electron chi connectivity index (χ2n) is 4.24. The van der Waals surface area contributed by atoms with E-state index in [1.807, 2.05) is 0 Å². The quantitative estimate of drug-likeness (QED) is 0.619. The summed E-state index contributed by atoms with van der Waals surface area (Å²) in [5.41, 5.74) is 5.85. The third-order valence-electron chi connectivity index (χ3n) is 2.62. The van der Waals surface area contributed by atoms with E-state index in [1.54, 1.807) is 0 Å². The van der Waals surface area contributed by atoms with E-state index in [1.165, 1.54) is 18.3 Å². The van der Waals surface area contributed by atoms with Crippen molar-refractivity contribution in [2.45, 2.75) is 32.1 Å². The van der Waals surface area contributed by atoms with Crippen LogP contribution < -0.4 is 11.1 Å². The standard InChI is InChI=1S/C13H19N3O3/c14-8-4-2-1-3-5-12(17)16-10-6-7-11(13(18)19)15-9-10/h6-7,9H,1-5,8,14H2,(H,16,17)(H,18,19). The number of carbonyl (C=O) groups is 2. The van der Waals surface area contributed by atoms with Gasteiger partial charge in [0.25, 0.3) is 0 Å². The molecule has 0 radical (unpaired) electrons. The zero-order valence-corrected chi connectivity index (χ0v) is 10.8. The van der Waals surface area contributed by atoms with E-state index in [2.05, 4.69) is 10.3 Å². The number of nitrogens with zero attached hydrogens (tertiary/aromatic N) is 1. The van der Waals surface area contributed by atoms with Gasteiger partial charge in [-0.15, -0.1) is 0 Å². The van der Waals surface area contributed by atoms with Crippen molar-refractivity contribution in [2.75, 3.05) is 11.9 Å². The lowest BCUT2D eigenvalue weighted by Gasteiger charge is -2.05. The fourth-order valence-electron chi connectivity index (χ4n) is 1.60. The van der Waals surface area contributed by atoms with Crippen LogP contribution in [-0.2, 0) is 4.79 Å². The smallest absolute Gasteiger partial charge is 0.354 e. The van der Waals surface area contributed by atoms with Gasteiger partial charge in [-0.3, -0.25) is 4.79 Å². The minimum Gasteiger partial charge on any atom is -0.477 e. The van der Waals surface area contributed by atoms with Gasteiger partial charge in [0.05, 0.1) is 11.9 Å². The molecule has 6 nitrogen and oxygen atoms in total. The normalized spacial score (nSPS) is 10.2. The zero-order chi connectivity index (χ0) is 14.1. The van der Waals surface area contributed by atoms with Crippen LogP contribution in [0.5, 0.6) is 0 Å². The van der Waals surface area contributed by atoms with Crippen molar-refractivity contribution in [1.82, 2.24) is 4.98 Å². The van der Waals surface area contributed by atoms with Gasteiger partial charge >= 0.3 is 5.97 Å². The number of hydrogen-bond acceptors (Lipinski definition) is 4. The largest absolute Gasteiger partial charge is 0.477 e. The zero-order valence-electron chi connectivity index (χ0n) is 10.8. The van der Waals surface area contributed by atoms with Gasteiger partial charge < -0.3 is 16.2 Å². The van der Waals surface area contributed by atoms with E-state index in [-0.39, 0.29) is 11.6 Å². The maximum absolute atomic E-state index is 11.6. The van der Waals surface area contributed by atoms with Gasteiger partial charge in [-0.05, 0) is 31.5 Å². The molecule has 0 bridgehead atoms. The molecule has 0 aliphatic rings. The van der Waals surface area contributed by atoms with Gasteiger partial charge in [-0.25, -0.2) is 9.78 Å². The van der Waals surface area contributed by atoms with Crippen LogP contribution in [0.2, 0.25) is 0 Å². The first-order valence-corrected chi connectivity index (χ1v) is 6.32. The maximum Gasteiger partial charge on any atom is 0.354 e. The molecule has 0 aliphatic carbocycles. The van der Waals surface area contributed by atoms with E-state index in [9.17, 15) is 9.59 Å². The number of pyridine rings is 1. The molecular weight excluding hydrogens is 246 g/mol. The van der Waals surface area contributed by atoms with Gasteiger partial charge in [-0.2, -0.15) is 0 Å². The van der Waals surface area contributed by atoms with Gasteiger partial charge in [0, 0.05) is 6.42 Å². The summed E-state index contributed by atoms with van der Waals surface area (Å²) >= 11 is 0. The Kier molecular flexibility index (Phi) is 6.52. The highest BCUT2D eigenvalue weighted by atomic mass is 16.4. The summed E-state index contributed by atoms with van der Waals surface area (Å²) < 4.78 is 0. The van der Waals surface area contributed by atoms with Crippen molar-refractivity contribution in [3.8, 4) is 0 Å². The Morgan fingerprint density at radius 1 is 1.21 bits per heavy atom. The number of rotatable bonds is 8. The molecule has 1 heterocycles. The lowest BCUT2D eigenvalue weighted by atomic mass is 10.1. The molecule has 1 amide bonds. The second-order valence-corrected chi connectivity index (χ2v) is 4.24. The summed E-state index contributed by atoms with van der Waals surface area (Å²) in [7, 11) is 0. The van der Waals surface area contributed by atoms with Gasteiger partial charge in [0.2, 0.25) is 5.91 Å². The number of aromatic nitrogens is 1. The van der Waals surface area contributed by atoms with E-state index in [0.717, 1.165) is 25.7 Å². The number of nitrogens with one attached hydrogen (secondary N) is 1. The molecule has 0 atom stereocenters. The predicted octanol–water partition coefficient (Wildman–Crippen LogP) is 1.63. The first-order chi connectivity index (χ1) is 9.13. The van der Waals surface area contributed by atoms with E-state index >= 15 is 0 Å². The summed E-state index contributed by atoms with van der Waals surface area (Å²) in [5, 5.41) is 11.4. The molecular formula is C13H19N3O3. The van der Waals surface area contributed by atoms with Crippen molar-refractivity contribution in [3.05, 3.63) is 24.0 Å². The number of carboxylic acid groups (broad SMARTS) is 1. The molecule has 4 N–H and O–H groups in total. The Labute approximate surface area is 112 Å². The van der Waals surface area contributed by atoms with Crippen molar-refractivity contribution >= 4 is 17.6 Å². The number of aromatic carboxylic acids is 1. The van der Waals surface area contributed by atoms with Crippen LogP contribution in [0, 0.1) is 0 Å². The van der Waals surface area contributed by atoms with Crippen molar-refractivity contribution in [1.29, 1.82) is 0 Å². The van der Waals surface area contributed by atoms with Crippen LogP contribution in [0.15, 0.2) is 18.3 Å². The summed E-state index contributed by atoms with van der Waals surface area (Å²) in [4.78, 5) is 25.9. The highest BCUT2D eigenvalue weighted by Gasteiger charge is 2.05. The minimum atomic E-state index is -1.09. The highest BCUT2D eigenvalue weighted by molar-refractivity contribution is 5.91. The first kappa shape index (κ1) is 15.1. The Morgan fingerprint density at radius 2 is 1.95 bits per heavy atom. The molecule has 1 aromatic heterocycles. The topological polar surface area (TPSA) is 105 Å². The molecule has 0 saturated carbocycles. The Morgan fingerprint density at radius 3 is 2.53 bits per heavy atom. The third kappa shape index (κ3) is 5.96. The summed E-state index contributed by atoms with van der Waals surface area (Å²) in [5.74, 6) is -1.17. The SMILES string of the molecule is NCCCCCCC(=O)Nc1ccc(C(=O)O)nc1. The number of anilines is 1. The average Bonchev–Trinajstić information content (AvgIpc) is 2.39. The summed E-state index contributed by atoms with van der Waals surface area (Å²) in [6, 6.07) is 2.89. The van der Waals surface area contributed by atoms with Crippen LogP contribution in [-0.4, -0.2) is 28.5 Å². The third-order valence-corrected chi connectivity index (χ3v) is 2.62. The van der Waals surface area contributed by atoms with Crippen molar-refractivity contribution in [3.63, 3.8) is 0 Å². The highest BCUT2D eigenvalue weighted by Crippen LogP contribution is 2.08. The van der Waals surface area contributed by atoms with Gasteiger partial charge in [-0.1, -0.05) is 12.8 Å². The van der Waals surface area contributed by atoms with Crippen LogP contribution in [0.25, 0.3) is 0 Å².